The number of aromatic amines is 2. The molecule has 1 amide bonds. The molecular formula is C13H16N4O3. The highest BCUT2D eigenvalue weighted by atomic mass is 16.2. The van der Waals surface area contributed by atoms with Gasteiger partial charge in [0, 0.05) is 12.5 Å². The zero-order chi connectivity index (χ0) is 14.7. The van der Waals surface area contributed by atoms with Gasteiger partial charge >= 0.3 is 0 Å². The van der Waals surface area contributed by atoms with Crippen molar-refractivity contribution in [2.75, 3.05) is 5.32 Å². The molecular weight excluding hydrogens is 260 g/mol. The number of fused-ring (bicyclic) bond motifs is 1. The van der Waals surface area contributed by atoms with Crippen LogP contribution in [0.5, 0.6) is 0 Å². The number of hydrogen-bond acceptors (Lipinski definition) is 4. The summed E-state index contributed by atoms with van der Waals surface area (Å²) in [5.74, 6) is -0.286. The molecule has 0 aliphatic carbocycles. The van der Waals surface area contributed by atoms with Gasteiger partial charge < -0.3 is 11.1 Å². The van der Waals surface area contributed by atoms with Crippen molar-refractivity contribution in [3.8, 4) is 0 Å². The molecule has 20 heavy (non-hydrogen) atoms. The number of carbonyl (C=O) groups excluding carboxylic acids is 1. The van der Waals surface area contributed by atoms with Crippen LogP contribution in [-0.4, -0.2) is 22.1 Å². The first-order valence-electron chi connectivity index (χ1n) is 6.32. The average molecular weight is 276 g/mol. The Bertz CT molecular complexity index is 747. The maximum atomic E-state index is 11.8. The summed E-state index contributed by atoms with van der Waals surface area (Å²) < 4.78 is 0. The molecule has 0 bridgehead atoms. The molecule has 2 rings (SSSR count). The Labute approximate surface area is 114 Å². The van der Waals surface area contributed by atoms with Gasteiger partial charge in [-0.25, -0.2) is 0 Å². The maximum Gasteiger partial charge on any atom is 0.272 e. The van der Waals surface area contributed by atoms with Crippen LogP contribution in [0.15, 0.2) is 27.8 Å². The van der Waals surface area contributed by atoms with E-state index in [0.29, 0.717) is 12.1 Å². The Hall–Kier alpha value is -2.41. The van der Waals surface area contributed by atoms with Gasteiger partial charge in [0.2, 0.25) is 5.91 Å². The molecule has 1 aromatic heterocycles. The van der Waals surface area contributed by atoms with Crippen LogP contribution in [0.2, 0.25) is 0 Å². The van der Waals surface area contributed by atoms with Crippen LogP contribution in [-0.2, 0) is 4.79 Å². The van der Waals surface area contributed by atoms with Gasteiger partial charge in [-0.1, -0.05) is 13.0 Å². The molecule has 0 aliphatic heterocycles. The lowest BCUT2D eigenvalue weighted by atomic mass is 10.1. The number of aromatic nitrogens is 2. The van der Waals surface area contributed by atoms with Crippen molar-refractivity contribution in [2.24, 2.45) is 5.73 Å². The van der Waals surface area contributed by atoms with Crippen LogP contribution in [0.25, 0.3) is 10.8 Å². The summed E-state index contributed by atoms with van der Waals surface area (Å²) in [5, 5.41) is 7.49. The smallest absolute Gasteiger partial charge is 0.272 e. The summed E-state index contributed by atoms with van der Waals surface area (Å²) in [6.07, 6.45) is 0.844. The molecule has 1 unspecified atom stereocenters. The molecule has 0 radical (unpaired) electrons. The first-order chi connectivity index (χ1) is 9.52. The van der Waals surface area contributed by atoms with Gasteiger partial charge in [0.25, 0.3) is 11.1 Å². The van der Waals surface area contributed by atoms with Crippen molar-refractivity contribution in [1.82, 2.24) is 10.2 Å². The zero-order valence-corrected chi connectivity index (χ0v) is 11.0. The van der Waals surface area contributed by atoms with Gasteiger partial charge in [-0.3, -0.25) is 24.6 Å². The standard InChI is InChI=1S/C13H16N4O3/c1-2-7(14)6-10(18)15-9-5-3-4-8-11(9)13(20)17-16-12(8)19/h3-5,7H,2,6,14H2,1H3,(H,15,18)(H,16,19)(H,17,20). The Morgan fingerprint density at radius 1 is 1.30 bits per heavy atom. The second kappa shape index (κ2) is 5.70. The lowest BCUT2D eigenvalue weighted by Crippen LogP contribution is -2.27. The van der Waals surface area contributed by atoms with E-state index in [1.807, 2.05) is 6.92 Å². The van der Waals surface area contributed by atoms with Crippen molar-refractivity contribution < 1.29 is 4.79 Å². The topological polar surface area (TPSA) is 121 Å². The highest BCUT2D eigenvalue weighted by Gasteiger charge is 2.12. The van der Waals surface area contributed by atoms with Crippen LogP contribution in [0, 0.1) is 0 Å². The molecule has 1 atom stereocenters. The number of rotatable bonds is 4. The largest absolute Gasteiger partial charge is 0.327 e. The second-order valence-corrected chi connectivity index (χ2v) is 4.56. The van der Waals surface area contributed by atoms with Crippen LogP contribution < -0.4 is 22.2 Å². The third-order valence-corrected chi connectivity index (χ3v) is 3.07. The molecule has 0 fully saturated rings. The Balaban J connectivity index is 2.41. The van der Waals surface area contributed by atoms with Crippen molar-refractivity contribution >= 4 is 22.4 Å². The van der Waals surface area contributed by atoms with E-state index in [4.69, 9.17) is 5.73 Å². The van der Waals surface area contributed by atoms with E-state index in [1.54, 1.807) is 12.1 Å². The van der Waals surface area contributed by atoms with E-state index >= 15 is 0 Å². The molecule has 0 aliphatic rings. The third-order valence-electron chi connectivity index (χ3n) is 3.07. The van der Waals surface area contributed by atoms with Crippen LogP contribution in [0.1, 0.15) is 19.8 Å². The number of H-pyrrole nitrogens is 2. The van der Waals surface area contributed by atoms with E-state index < -0.39 is 11.1 Å². The molecule has 0 saturated carbocycles. The summed E-state index contributed by atoms with van der Waals surface area (Å²) in [4.78, 5) is 35.3. The predicted molar refractivity (Wildman–Crippen MR) is 76.7 cm³/mol. The van der Waals surface area contributed by atoms with Crippen molar-refractivity contribution in [3.63, 3.8) is 0 Å². The Morgan fingerprint density at radius 2 is 2.00 bits per heavy atom. The van der Waals surface area contributed by atoms with E-state index in [-0.39, 0.29) is 29.1 Å². The quantitative estimate of drug-likeness (QED) is 0.641. The molecule has 7 heteroatoms. The number of amides is 1. The monoisotopic (exact) mass is 276 g/mol. The van der Waals surface area contributed by atoms with Crippen molar-refractivity contribution in [2.45, 2.75) is 25.8 Å². The first-order valence-corrected chi connectivity index (χ1v) is 6.32. The molecule has 0 saturated heterocycles. The highest BCUT2D eigenvalue weighted by Crippen LogP contribution is 2.17. The Kier molecular flexibility index (Phi) is 3.99. The fourth-order valence-corrected chi connectivity index (χ4v) is 1.92. The van der Waals surface area contributed by atoms with Gasteiger partial charge in [0.05, 0.1) is 16.5 Å². The number of hydrogen-bond donors (Lipinski definition) is 4. The molecule has 7 nitrogen and oxygen atoms in total. The van der Waals surface area contributed by atoms with E-state index in [1.165, 1.54) is 6.07 Å². The number of carbonyl (C=O) groups is 1. The minimum atomic E-state index is -0.463. The normalized spacial score (nSPS) is 12.3. The van der Waals surface area contributed by atoms with Gasteiger partial charge in [0.1, 0.15) is 0 Å². The summed E-state index contributed by atoms with van der Waals surface area (Å²) >= 11 is 0. The predicted octanol–water partition coefficient (Wildman–Crippen LogP) is 0.282. The van der Waals surface area contributed by atoms with E-state index in [9.17, 15) is 14.4 Å². The van der Waals surface area contributed by atoms with Gasteiger partial charge in [-0.2, -0.15) is 0 Å². The molecule has 106 valence electrons. The zero-order valence-electron chi connectivity index (χ0n) is 11.0. The van der Waals surface area contributed by atoms with Crippen molar-refractivity contribution in [1.29, 1.82) is 0 Å². The van der Waals surface area contributed by atoms with Crippen LogP contribution >= 0.6 is 0 Å². The lowest BCUT2D eigenvalue weighted by molar-refractivity contribution is -0.116. The number of anilines is 1. The highest BCUT2D eigenvalue weighted by molar-refractivity contribution is 6.01. The maximum absolute atomic E-state index is 11.8. The fourth-order valence-electron chi connectivity index (χ4n) is 1.92. The second-order valence-electron chi connectivity index (χ2n) is 4.56. The summed E-state index contributed by atoms with van der Waals surface area (Å²) in [7, 11) is 0. The first kappa shape index (κ1) is 14.0. The van der Waals surface area contributed by atoms with Gasteiger partial charge in [-0.15, -0.1) is 0 Å². The van der Waals surface area contributed by atoms with Gasteiger partial charge in [0.15, 0.2) is 0 Å². The Morgan fingerprint density at radius 3 is 2.70 bits per heavy atom. The fraction of sp³-hybridized carbons (Fsp3) is 0.308. The third kappa shape index (κ3) is 2.77. The van der Waals surface area contributed by atoms with Crippen LogP contribution in [0.4, 0.5) is 5.69 Å². The van der Waals surface area contributed by atoms with Gasteiger partial charge in [-0.05, 0) is 18.6 Å². The minimum Gasteiger partial charge on any atom is -0.327 e. The summed E-state index contributed by atoms with van der Waals surface area (Å²) in [5.41, 5.74) is 5.14. The number of nitrogens with one attached hydrogen (secondary N) is 3. The SMILES string of the molecule is CCC(N)CC(=O)Nc1cccc2c(=O)[nH][nH]c(=O)c12. The molecule has 5 N–H and O–H groups in total. The average Bonchev–Trinajstić information content (AvgIpc) is 2.42. The summed E-state index contributed by atoms with van der Waals surface area (Å²) in [6.45, 7) is 1.89. The summed E-state index contributed by atoms with van der Waals surface area (Å²) in [6, 6.07) is 4.47. The minimum absolute atomic E-state index is 0.161. The molecule has 2 aromatic rings. The molecule has 1 aromatic carbocycles. The molecule has 1 heterocycles. The van der Waals surface area contributed by atoms with E-state index in [0.717, 1.165) is 0 Å². The number of benzene rings is 1. The number of nitrogens with two attached hydrogens (primary N) is 1. The van der Waals surface area contributed by atoms with E-state index in [2.05, 4.69) is 15.5 Å². The van der Waals surface area contributed by atoms with Crippen LogP contribution in [0.3, 0.4) is 0 Å². The molecule has 0 spiro atoms. The van der Waals surface area contributed by atoms with Crippen molar-refractivity contribution in [3.05, 3.63) is 38.9 Å². The lowest BCUT2D eigenvalue weighted by Gasteiger charge is -2.10.